The maximum absolute atomic E-state index is 16.3. The standard InChI is InChI=1S/C20H23FN10O9P2S2/c21-14-10-3-36-41(33,43)39-8-1-11(30-6-26-12-15(22)24-5-25-16(12)30)38-9(8)2-37-42(34,44)40-20(14,4-35-10)31-7-27-13-17(31)28-19(23)29-18(13)32/h5-11,14H,1-4H2,(H,33,43)(H,34,44)(H2,22,24,25)(H3,23,28,29,32)/t8-,9-,10-,11-,14-,20+,41?,42?/m1/s1. The molecule has 236 valence electrons. The van der Waals surface area contributed by atoms with Gasteiger partial charge in [0.15, 0.2) is 28.8 Å². The summed E-state index contributed by atoms with van der Waals surface area (Å²) in [5.74, 6) is -0.141. The normalized spacial score (nSPS) is 36.6. The monoisotopic (exact) mass is 692 g/mol. The minimum Gasteiger partial charge on any atom is -0.382 e. The Labute approximate surface area is 255 Å². The van der Waals surface area contributed by atoms with E-state index in [1.165, 1.54) is 12.7 Å². The highest BCUT2D eigenvalue weighted by Gasteiger charge is 2.58. The number of rotatable bonds is 2. The molecule has 7 heterocycles. The van der Waals surface area contributed by atoms with Crippen LogP contribution in [0.25, 0.3) is 22.3 Å². The van der Waals surface area contributed by atoms with Crippen molar-refractivity contribution in [2.75, 3.05) is 31.3 Å². The van der Waals surface area contributed by atoms with E-state index in [4.69, 9.17) is 39.0 Å². The van der Waals surface area contributed by atoms with E-state index in [1.807, 2.05) is 0 Å². The maximum Gasteiger partial charge on any atom is 0.388 e. The molecule has 7 rings (SSSR count). The van der Waals surface area contributed by atoms with Gasteiger partial charge in [0.25, 0.3) is 5.56 Å². The predicted molar refractivity (Wildman–Crippen MR) is 154 cm³/mol. The number of thiol groups is 2. The predicted octanol–water partition coefficient (Wildman–Crippen LogP) is 1.33. The summed E-state index contributed by atoms with van der Waals surface area (Å²) in [6.45, 7) is -10.4. The average Bonchev–Trinajstić information content (AvgIpc) is 3.72. The van der Waals surface area contributed by atoms with Crippen molar-refractivity contribution in [1.82, 2.24) is 39.0 Å². The van der Waals surface area contributed by atoms with E-state index in [0.717, 1.165) is 10.9 Å². The van der Waals surface area contributed by atoms with Crippen LogP contribution >= 0.6 is 38.1 Å². The Bertz CT molecular complexity index is 1930. The molecule has 0 amide bonds. The van der Waals surface area contributed by atoms with E-state index < -0.39 is 75.4 Å². The van der Waals surface area contributed by atoms with Crippen LogP contribution in [-0.4, -0.2) is 83.3 Å². The zero-order valence-electron chi connectivity index (χ0n) is 22.1. The van der Waals surface area contributed by atoms with Crippen molar-refractivity contribution in [1.29, 1.82) is 0 Å². The molecule has 3 aliphatic heterocycles. The van der Waals surface area contributed by atoms with Gasteiger partial charge in [-0.25, -0.2) is 33.5 Å². The number of alkyl halides is 1. The summed E-state index contributed by atoms with van der Waals surface area (Å²) < 4.78 is 80.2. The van der Waals surface area contributed by atoms with Crippen molar-refractivity contribution in [2.24, 2.45) is 0 Å². The number of imidazole rings is 2. The number of anilines is 2. The second-order valence-electron chi connectivity index (χ2n) is 10.0. The highest BCUT2D eigenvalue weighted by molar-refractivity contribution is 8.44. The summed E-state index contributed by atoms with van der Waals surface area (Å²) in [7, 11) is 0. The molecule has 0 saturated carbocycles. The van der Waals surface area contributed by atoms with Crippen molar-refractivity contribution < 1.29 is 41.1 Å². The largest absolute Gasteiger partial charge is 0.388 e. The summed E-state index contributed by atoms with van der Waals surface area (Å²) in [6, 6.07) is 0. The molecule has 0 spiro atoms. The Hall–Kier alpha value is -2.65. The lowest BCUT2D eigenvalue weighted by atomic mass is 10.1. The van der Waals surface area contributed by atoms with Crippen molar-refractivity contribution in [3.8, 4) is 0 Å². The van der Waals surface area contributed by atoms with Crippen LogP contribution in [-0.2, 0) is 42.4 Å². The molecule has 44 heavy (non-hydrogen) atoms. The van der Waals surface area contributed by atoms with Gasteiger partial charge >= 0.3 is 13.6 Å². The fourth-order valence-electron chi connectivity index (χ4n) is 5.32. The van der Waals surface area contributed by atoms with E-state index in [9.17, 15) is 13.9 Å². The molecule has 2 bridgehead atoms. The number of aromatic nitrogens is 8. The number of nitrogens with zero attached hydrogens (tertiary/aromatic N) is 7. The third-order valence-electron chi connectivity index (χ3n) is 7.32. The molecule has 4 aromatic rings. The SMILES string of the molecule is Nc1nc2c(ncn2[C@@]23CO[C@H](COP(=O)(S)O[C@@H]4C[C@H](n5cnc6c(N)ncnc65)O[C@@H]4COP(=O)(S)O2)[C@H]3F)c(=O)[nH]1. The number of nitrogens with one attached hydrogen (secondary N) is 1. The number of nitrogen functional groups attached to an aromatic ring is 2. The van der Waals surface area contributed by atoms with Crippen molar-refractivity contribution in [2.45, 2.75) is 42.9 Å². The first-order chi connectivity index (χ1) is 20.9. The fraction of sp³-hybridized carbons (Fsp3) is 0.500. The molecule has 0 aliphatic carbocycles. The van der Waals surface area contributed by atoms with Crippen LogP contribution in [0.5, 0.6) is 0 Å². The summed E-state index contributed by atoms with van der Waals surface area (Å²) >= 11 is 8.18. The van der Waals surface area contributed by atoms with Gasteiger partial charge in [-0.3, -0.25) is 37.0 Å². The quantitative estimate of drug-likeness (QED) is 0.147. The van der Waals surface area contributed by atoms with Crippen LogP contribution in [0.3, 0.4) is 0 Å². The molecule has 24 heteroatoms. The number of fused-ring (bicyclic) bond motifs is 5. The molecular formula is C20H23FN10O9P2S2. The topological polar surface area (TPSA) is 249 Å². The molecule has 3 aliphatic rings. The first kappa shape index (κ1) is 30.0. The van der Waals surface area contributed by atoms with Gasteiger partial charge < -0.3 is 20.9 Å². The molecule has 2 unspecified atom stereocenters. The smallest absolute Gasteiger partial charge is 0.382 e. The number of H-pyrrole nitrogens is 1. The second kappa shape index (κ2) is 10.7. The summed E-state index contributed by atoms with van der Waals surface area (Å²) in [6.07, 6.45) is -2.64. The highest BCUT2D eigenvalue weighted by Crippen LogP contribution is 2.61. The molecule has 3 fully saturated rings. The third-order valence-corrected chi connectivity index (χ3v) is 10.6. The Morgan fingerprint density at radius 1 is 1.00 bits per heavy atom. The lowest BCUT2D eigenvalue weighted by Gasteiger charge is -2.33. The minimum absolute atomic E-state index is 0.0628. The molecule has 0 aromatic carbocycles. The van der Waals surface area contributed by atoms with Gasteiger partial charge in [-0.15, -0.1) is 0 Å². The molecule has 0 radical (unpaired) electrons. The Morgan fingerprint density at radius 3 is 2.57 bits per heavy atom. The van der Waals surface area contributed by atoms with Gasteiger partial charge in [-0.2, -0.15) is 4.98 Å². The molecule has 5 N–H and O–H groups in total. The fourth-order valence-corrected chi connectivity index (χ4v) is 8.49. The average molecular weight is 693 g/mol. The van der Waals surface area contributed by atoms with E-state index in [2.05, 4.69) is 54.4 Å². The van der Waals surface area contributed by atoms with Gasteiger partial charge in [0.05, 0.1) is 32.5 Å². The molecule has 4 aromatic heterocycles. The van der Waals surface area contributed by atoms with Crippen LogP contribution in [0, 0.1) is 0 Å². The summed E-state index contributed by atoms with van der Waals surface area (Å²) in [5, 5.41) is 0. The Morgan fingerprint density at radius 2 is 1.75 bits per heavy atom. The van der Waals surface area contributed by atoms with Crippen LogP contribution in [0.2, 0.25) is 0 Å². The maximum atomic E-state index is 16.3. The summed E-state index contributed by atoms with van der Waals surface area (Å²) in [4.78, 5) is 35.1. The van der Waals surface area contributed by atoms with E-state index >= 15 is 4.39 Å². The lowest BCUT2D eigenvalue weighted by molar-refractivity contribution is -0.0696. The van der Waals surface area contributed by atoms with Crippen LogP contribution in [0.1, 0.15) is 12.6 Å². The van der Waals surface area contributed by atoms with E-state index in [0.29, 0.717) is 11.2 Å². The van der Waals surface area contributed by atoms with Gasteiger partial charge in [-0.05, 0) is 0 Å². The van der Waals surface area contributed by atoms with E-state index in [1.54, 1.807) is 4.57 Å². The number of nitrogens with two attached hydrogens (primary N) is 2. The molecular weight excluding hydrogens is 669 g/mol. The first-order valence-corrected chi connectivity index (χ1v) is 18.2. The first-order valence-electron chi connectivity index (χ1n) is 12.8. The second-order valence-corrected chi connectivity index (χ2v) is 15.8. The van der Waals surface area contributed by atoms with Gasteiger partial charge in [0, 0.05) is 6.42 Å². The van der Waals surface area contributed by atoms with Crippen LogP contribution in [0.15, 0.2) is 23.8 Å². The zero-order chi connectivity index (χ0) is 31.0. The molecule has 3 saturated heterocycles. The van der Waals surface area contributed by atoms with Crippen molar-refractivity contribution >= 4 is 72.2 Å². The Kier molecular flexibility index (Phi) is 7.31. The zero-order valence-corrected chi connectivity index (χ0v) is 25.7. The van der Waals surface area contributed by atoms with Gasteiger partial charge in [0.2, 0.25) is 11.7 Å². The van der Waals surface area contributed by atoms with Crippen LogP contribution in [0.4, 0.5) is 16.2 Å². The number of ether oxygens (including phenoxy) is 2. The van der Waals surface area contributed by atoms with Crippen molar-refractivity contribution in [3.63, 3.8) is 0 Å². The number of halogens is 1. The number of aromatic amines is 1. The molecule has 19 nitrogen and oxygen atoms in total. The number of hydrogen-bond acceptors (Lipinski definition) is 16. The highest BCUT2D eigenvalue weighted by atomic mass is 32.7. The third kappa shape index (κ3) is 5.12. The van der Waals surface area contributed by atoms with E-state index in [-0.39, 0.29) is 29.4 Å². The van der Waals surface area contributed by atoms with Gasteiger partial charge in [0.1, 0.15) is 36.4 Å². The van der Waals surface area contributed by atoms with Gasteiger partial charge in [-0.1, -0.05) is 24.5 Å². The van der Waals surface area contributed by atoms with Crippen molar-refractivity contribution in [3.05, 3.63) is 29.3 Å². The van der Waals surface area contributed by atoms with Crippen LogP contribution < -0.4 is 17.0 Å². The summed E-state index contributed by atoms with van der Waals surface area (Å²) in [5.41, 5.74) is 8.89. The lowest BCUT2D eigenvalue weighted by Crippen LogP contribution is -2.46. The minimum atomic E-state index is -4.49. The Balaban J connectivity index is 1.24. The molecule has 8 atom stereocenters. The number of hydrogen-bond donors (Lipinski definition) is 5.